The molecule has 3 aromatic rings. The largest absolute Gasteiger partial charge is 0.508 e. The fraction of sp³-hybridized carbons (Fsp3) is 0.0588. The maximum atomic E-state index is 9.33. The van der Waals surface area contributed by atoms with E-state index in [2.05, 4.69) is 35.2 Å². The molecule has 0 atom stereocenters. The Morgan fingerprint density at radius 1 is 0.737 bits per heavy atom. The van der Waals surface area contributed by atoms with Crippen molar-refractivity contribution in [3.05, 3.63) is 66.7 Å². The highest BCUT2D eigenvalue weighted by atomic mass is 16.3. The van der Waals surface area contributed by atoms with Gasteiger partial charge in [0, 0.05) is 18.4 Å². The number of fused-ring (bicyclic) bond motifs is 1. The smallest absolute Gasteiger partial charge is 0.115 e. The van der Waals surface area contributed by atoms with E-state index in [1.807, 2.05) is 31.3 Å². The molecule has 0 bridgehead atoms. The average molecular weight is 249 g/mol. The van der Waals surface area contributed by atoms with E-state index in [1.165, 1.54) is 10.8 Å². The molecule has 94 valence electrons. The van der Waals surface area contributed by atoms with Crippen molar-refractivity contribution in [2.45, 2.75) is 0 Å². The lowest BCUT2D eigenvalue weighted by Crippen LogP contribution is -2.08. The predicted octanol–water partition coefficient (Wildman–Crippen LogP) is 4.31. The van der Waals surface area contributed by atoms with Crippen LogP contribution in [0.5, 0.6) is 5.75 Å². The Bertz CT molecular complexity index is 704. The number of benzene rings is 3. The lowest BCUT2D eigenvalue weighted by atomic mass is 10.1. The highest BCUT2D eigenvalue weighted by molar-refractivity contribution is 5.86. The molecule has 0 amide bonds. The van der Waals surface area contributed by atoms with Crippen LogP contribution in [0.2, 0.25) is 0 Å². The van der Waals surface area contributed by atoms with Gasteiger partial charge in [-0.1, -0.05) is 30.3 Å². The van der Waals surface area contributed by atoms with Crippen LogP contribution in [-0.4, -0.2) is 12.2 Å². The summed E-state index contributed by atoms with van der Waals surface area (Å²) in [5.74, 6) is 0.288. The van der Waals surface area contributed by atoms with Crippen LogP contribution in [0.25, 0.3) is 10.8 Å². The highest BCUT2D eigenvalue weighted by Crippen LogP contribution is 2.27. The Morgan fingerprint density at radius 3 is 2.11 bits per heavy atom. The first-order valence-electron chi connectivity index (χ1n) is 6.25. The SMILES string of the molecule is CN(c1ccc(O)cc1)c1ccc2ccccc2c1. The molecule has 3 rings (SSSR count). The second-order valence-electron chi connectivity index (χ2n) is 4.61. The monoisotopic (exact) mass is 249 g/mol. The zero-order valence-corrected chi connectivity index (χ0v) is 10.7. The number of hydrogen-bond donors (Lipinski definition) is 1. The predicted molar refractivity (Wildman–Crippen MR) is 80.1 cm³/mol. The molecule has 0 aliphatic heterocycles. The second-order valence-corrected chi connectivity index (χ2v) is 4.61. The molecule has 0 heterocycles. The summed E-state index contributed by atoms with van der Waals surface area (Å²) in [5.41, 5.74) is 2.18. The molecule has 0 unspecified atom stereocenters. The molecule has 19 heavy (non-hydrogen) atoms. The molecule has 0 aliphatic carbocycles. The van der Waals surface area contributed by atoms with E-state index in [1.54, 1.807) is 12.1 Å². The van der Waals surface area contributed by atoms with Crippen LogP contribution in [-0.2, 0) is 0 Å². The van der Waals surface area contributed by atoms with Gasteiger partial charge in [0.1, 0.15) is 5.75 Å². The minimum Gasteiger partial charge on any atom is -0.508 e. The minimum atomic E-state index is 0.288. The maximum absolute atomic E-state index is 9.33. The van der Waals surface area contributed by atoms with E-state index < -0.39 is 0 Å². The van der Waals surface area contributed by atoms with Gasteiger partial charge >= 0.3 is 0 Å². The van der Waals surface area contributed by atoms with E-state index in [0.29, 0.717) is 0 Å². The van der Waals surface area contributed by atoms with Gasteiger partial charge in [0.05, 0.1) is 0 Å². The molecule has 0 aromatic heterocycles. The topological polar surface area (TPSA) is 23.5 Å². The number of rotatable bonds is 2. The van der Waals surface area contributed by atoms with Crippen molar-refractivity contribution in [2.75, 3.05) is 11.9 Å². The van der Waals surface area contributed by atoms with Crippen LogP contribution in [0.4, 0.5) is 11.4 Å². The average Bonchev–Trinajstić information content (AvgIpc) is 2.47. The Balaban J connectivity index is 2.01. The summed E-state index contributed by atoms with van der Waals surface area (Å²) in [6.07, 6.45) is 0. The molecule has 2 nitrogen and oxygen atoms in total. The molecule has 3 aromatic carbocycles. The van der Waals surface area contributed by atoms with E-state index >= 15 is 0 Å². The molecule has 0 spiro atoms. The normalized spacial score (nSPS) is 10.6. The van der Waals surface area contributed by atoms with Crippen molar-refractivity contribution in [2.24, 2.45) is 0 Å². The number of hydrogen-bond acceptors (Lipinski definition) is 2. The van der Waals surface area contributed by atoms with Gasteiger partial charge in [-0.2, -0.15) is 0 Å². The standard InChI is InChI=1S/C17H15NO/c1-18(15-8-10-17(19)11-9-15)16-7-6-13-4-2-3-5-14(13)12-16/h2-12,19H,1H3. The number of phenols is 1. The van der Waals surface area contributed by atoms with Crippen LogP contribution in [0, 0.1) is 0 Å². The zero-order chi connectivity index (χ0) is 13.2. The quantitative estimate of drug-likeness (QED) is 0.731. The lowest BCUT2D eigenvalue weighted by molar-refractivity contribution is 0.475. The van der Waals surface area contributed by atoms with Gasteiger partial charge in [-0.25, -0.2) is 0 Å². The van der Waals surface area contributed by atoms with Crippen molar-refractivity contribution in [1.29, 1.82) is 0 Å². The van der Waals surface area contributed by atoms with E-state index in [4.69, 9.17) is 0 Å². The molecule has 0 fully saturated rings. The maximum Gasteiger partial charge on any atom is 0.115 e. The van der Waals surface area contributed by atoms with Gasteiger partial charge < -0.3 is 10.0 Å². The molecule has 2 heteroatoms. The lowest BCUT2D eigenvalue weighted by Gasteiger charge is -2.20. The molecule has 0 radical (unpaired) electrons. The van der Waals surface area contributed by atoms with Gasteiger partial charge in [-0.3, -0.25) is 0 Å². The van der Waals surface area contributed by atoms with Crippen molar-refractivity contribution in [1.82, 2.24) is 0 Å². The van der Waals surface area contributed by atoms with Crippen molar-refractivity contribution >= 4 is 22.1 Å². The van der Waals surface area contributed by atoms with Gasteiger partial charge in [0.15, 0.2) is 0 Å². The van der Waals surface area contributed by atoms with Crippen LogP contribution in [0.15, 0.2) is 66.7 Å². The molecule has 0 saturated heterocycles. The first kappa shape index (κ1) is 11.6. The van der Waals surface area contributed by atoms with E-state index in [0.717, 1.165) is 11.4 Å². The number of aromatic hydroxyl groups is 1. The number of phenolic OH excluding ortho intramolecular Hbond substituents is 1. The molecular weight excluding hydrogens is 234 g/mol. The van der Waals surface area contributed by atoms with Gasteiger partial charge in [-0.05, 0) is 47.2 Å². The van der Waals surface area contributed by atoms with Crippen LogP contribution >= 0.6 is 0 Å². The Kier molecular flexibility index (Phi) is 2.84. The van der Waals surface area contributed by atoms with Crippen molar-refractivity contribution in [3.63, 3.8) is 0 Å². The fourth-order valence-electron chi connectivity index (χ4n) is 2.21. The van der Waals surface area contributed by atoms with E-state index in [-0.39, 0.29) is 5.75 Å². The third kappa shape index (κ3) is 2.25. The summed E-state index contributed by atoms with van der Waals surface area (Å²) in [6, 6.07) is 21.9. The summed E-state index contributed by atoms with van der Waals surface area (Å²) in [7, 11) is 2.02. The van der Waals surface area contributed by atoms with Crippen molar-refractivity contribution < 1.29 is 5.11 Å². The fourth-order valence-corrected chi connectivity index (χ4v) is 2.21. The molecule has 0 saturated carbocycles. The summed E-state index contributed by atoms with van der Waals surface area (Å²) in [6.45, 7) is 0. The van der Waals surface area contributed by atoms with E-state index in [9.17, 15) is 5.11 Å². The van der Waals surface area contributed by atoms with Crippen LogP contribution < -0.4 is 4.90 Å². The minimum absolute atomic E-state index is 0.288. The third-order valence-electron chi connectivity index (χ3n) is 3.36. The summed E-state index contributed by atoms with van der Waals surface area (Å²) >= 11 is 0. The summed E-state index contributed by atoms with van der Waals surface area (Å²) < 4.78 is 0. The first-order valence-corrected chi connectivity index (χ1v) is 6.25. The Hall–Kier alpha value is -2.48. The Labute approximate surface area is 112 Å². The molecular formula is C17H15NO. The Morgan fingerprint density at radius 2 is 1.37 bits per heavy atom. The third-order valence-corrected chi connectivity index (χ3v) is 3.36. The second kappa shape index (κ2) is 4.65. The van der Waals surface area contributed by atoms with Gasteiger partial charge in [0.25, 0.3) is 0 Å². The summed E-state index contributed by atoms with van der Waals surface area (Å²) in [4.78, 5) is 2.10. The number of nitrogens with zero attached hydrogens (tertiary/aromatic N) is 1. The van der Waals surface area contributed by atoms with Crippen LogP contribution in [0.1, 0.15) is 0 Å². The zero-order valence-electron chi connectivity index (χ0n) is 10.7. The number of anilines is 2. The first-order chi connectivity index (χ1) is 9.24. The summed E-state index contributed by atoms with van der Waals surface area (Å²) in [5, 5.41) is 11.8. The molecule has 1 N–H and O–H groups in total. The van der Waals surface area contributed by atoms with Gasteiger partial charge in [0.2, 0.25) is 0 Å². The van der Waals surface area contributed by atoms with Gasteiger partial charge in [-0.15, -0.1) is 0 Å². The highest BCUT2D eigenvalue weighted by Gasteiger charge is 2.04. The van der Waals surface area contributed by atoms with Crippen molar-refractivity contribution in [3.8, 4) is 5.75 Å². The van der Waals surface area contributed by atoms with Crippen LogP contribution in [0.3, 0.4) is 0 Å². The molecule has 0 aliphatic rings.